The van der Waals surface area contributed by atoms with Crippen LogP contribution in [0.4, 0.5) is 0 Å². The van der Waals surface area contributed by atoms with Crippen molar-refractivity contribution in [3.05, 3.63) is 17.5 Å². The highest BCUT2D eigenvalue weighted by Gasteiger charge is 2.35. The van der Waals surface area contributed by atoms with Crippen LogP contribution in [0.1, 0.15) is 51.9 Å². The van der Waals surface area contributed by atoms with Gasteiger partial charge in [0.25, 0.3) is 10.0 Å². The Morgan fingerprint density at radius 3 is 2.50 bits per heavy atom. The summed E-state index contributed by atoms with van der Waals surface area (Å²) in [6.07, 6.45) is 6.90. The standard InChI is InChI=1S/C17H26N2O3S2/c1-17(9-3-2-4-10-17)18-16(20)14-7-11-19(12-8-14)24(21,22)15-6-5-13-23-15/h5-6,13-14H,2-4,7-12H2,1H3,(H,18,20). The molecule has 5 nitrogen and oxygen atoms in total. The number of sulfonamides is 1. The van der Waals surface area contributed by atoms with E-state index in [0.29, 0.717) is 30.1 Å². The molecule has 1 aliphatic carbocycles. The summed E-state index contributed by atoms with van der Waals surface area (Å²) in [5.74, 6) is 0.0334. The van der Waals surface area contributed by atoms with Gasteiger partial charge < -0.3 is 5.32 Å². The van der Waals surface area contributed by atoms with Crippen LogP contribution in [0.25, 0.3) is 0 Å². The number of rotatable bonds is 4. The van der Waals surface area contributed by atoms with Crippen LogP contribution in [0, 0.1) is 5.92 Å². The second-order valence-corrected chi connectivity index (χ2v) is 10.3. The number of hydrogen-bond acceptors (Lipinski definition) is 4. The number of hydrogen-bond donors (Lipinski definition) is 1. The van der Waals surface area contributed by atoms with E-state index in [1.165, 1.54) is 34.9 Å². The molecule has 0 radical (unpaired) electrons. The van der Waals surface area contributed by atoms with Gasteiger partial charge in [-0.05, 0) is 44.1 Å². The van der Waals surface area contributed by atoms with Crippen LogP contribution in [0.15, 0.2) is 21.7 Å². The third-order valence-corrected chi connectivity index (χ3v) is 8.57. The van der Waals surface area contributed by atoms with Crippen molar-refractivity contribution >= 4 is 27.3 Å². The fourth-order valence-corrected chi connectivity index (χ4v) is 6.37. The Morgan fingerprint density at radius 1 is 1.25 bits per heavy atom. The van der Waals surface area contributed by atoms with Gasteiger partial charge in [-0.2, -0.15) is 4.31 Å². The zero-order chi connectivity index (χ0) is 17.2. The molecule has 134 valence electrons. The Balaban J connectivity index is 1.56. The first-order chi connectivity index (χ1) is 11.4. The highest BCUT2D eigenvalue weighted by molar-refractivity contribution is 7.91. The van der Waals surface area contributed by atoms with E-state index in [2.05, 4.69) is 12.2 Å². The van der Waals surface area contributed by atoms with Crippen LogP contribution < -0.4 is 5.32 Å². The molecule has 1 aromatic rings. The second kappa shape index (κ2) is 7.14. The lowest BCUT2D eigenvalue weighted by Gasteiger charge is -2.37. The summed E-state index contributed by atoms with van der Waals surface area (Å²) in [4.78, 5) is 12.6. The van der Waals surface area contributed by atoms with E-state index in [9.17, 15) is 13.2 Å². The molecule has 0 spiro atoms. The molecule has 1 aliphatic heterocycles. The topological polar surface area (TPSA) is 66.5 Å². The van der Waals surface area contributed by atoms with Gasteiger partial charge in [-0.1, -0.05) is 25.3 Å². The molecule has 2 heterocycles. The van der Waals surface area contributed by atoms with E-state index in [1.54, 1.807) is 17.5 Å². The van der Waals surface area contributed by atoms with Crippen LogP contribution in [-0.2, 0) is 14.8 Å². The first-order valence-electron chi connectivity index (χ1n) is 8.76. The molecule has 0 atom stereocenters. The molecule has 24 heavy (non-hydrogen) atoms. The van der Waals surface area contributed by atoms with E-state index >= 15 is 0 Å². The molecule has 2 fully saturated rings. The zero-order valence-corrected chi connectivity index (χ0v) is 15.8. The Bertz CT molecular complexity index is 656. The maximum absolute atomic E-state index is 12.6. The smallest absolute Gasteiger partial charge is 0.252 e. The monoisotopic (exact) mass is 370 g/mol. The minimum Gasteiger partial charge on any atom is -0.351 e. The molecule has 0 bridgehead atoms. The normalized spacial score (nSPS) is 23.0. The van der Waals surface area contributed by atoms with Gasteiger partial charge >= 0.3 is 0 Å². The molecule has 3 rings (SSSR count). The summed E-state index contributed by atoms with van der Waals surface area (Å²) in [6.45, 7) is 2.99. The number of nitrogens with one attached hydrogen (secondary N) is 1. The van der Waals surface area contributed by atoms with E-state index in [4.69, 9.17) is 0 Å². The highest BCUT2D eigenvalue weighted by Crippen LogP contribution is 2.30. The first kappa shape index (κ1) is 17.9. The number of carbonyl (C=O) groups excluding carboxylic acids is 1. The van der Waals surface area contributed by atoms with Crippen molar-refractivity contribution in [2.24, 2.45) is 5.92 Å². The van der Waals surface area contributed by atoms with Crippen molar-refractivity contribution in [3.63, 3.8) is 0 Å². The average Bonchev–Trinajstić information content (AvgIpc) is 3.10. The van der Waals surface area contributed by atoms with E-state index < -0.39 is 10.0 Å². The SMILES string of the molecule is CC1(NC(=O)C2CCN(S(=O)(=O)c3cccs3)CC2)CCCCC1. The summed E-state index contributed by atoms with van der Waals surface area (Å²) in [5, 5.41) is 5.02. The molecule has 1 amide bonds. The van der Waals surface area contributed by atoms with Crippen LogP contribution in [0.3, 0.4) is 0 Å². The number of amides is 1. The number of carbonyl (C=O) groups is 1. The van der Waals surface area contributed by atoms with Gasteiger partial charge in [0.15, 0.2) is 0 Å². The van der Waals surface area contributed by atoms with Crippen molar-refractivity contribution in [2.45, 2.75) is 61.6 Å². The number of piperidine rings is 1. The third kappa shape index (κ3) is 3.83. The van der Waals surface area contributed by atoms with Gasteiger partial charge in [-0.25, -0.2) is 8.42 Å². The lowest BCUT2D eigenvalue weighted by atomic mass is 9.82. The maximum Gasteiger partial charge on any atom is 0.252 e. The number of nitrogens with zero attached hydrogens (tertiary/aromatic N) is 1. The molecule has 1 saturated heterocycles. The fraction of sp³-hybridized carbons (Fsp3) is 0.706. The zero-order valence-electron chi connectivity index (χ0n) is 14.2. The second-order valence-electron chi connectivity index (χ2n) is 7.22. The lowest BCUT2D eigenvalue weighted by Crippen LogP contribution is -2.51. The van der Waals surface area contributed by atoms with Crippen LogP contribution >= 0.6 is 11.3 Å². The quantitative estimate of drug-likeness (QED) is 0.886. The Hall–Kier alpha value is -0.920. The average molecular weight is 371 g/mol. The fourth-order valence-electron chi connectivity index (χ4n) is 3.75. The summed E-state index contributed by atoms with van der Waals surface area (Å²) in [7, 11) is -3.39. The first-order valence-corrected chi connectivity index (χ1v) is 11.1. The van der Waals surface area contributed by atoms with Gasteiger partial charge in [0.2, 0.25) is 5.91 Å². The minimum absolute atomic E-state index is 0.0708. The van der Waals surface area contributed by atoms with Crippen molar-refractivity contribution in [2.75, 3.05) is 13.1 Å². The van der Waals surface area contributed by atoms with E-state index in [0.717, 1.165) is 12.8 Å². The van der Waals surface area contributed by atoms with Crippen molar-refractivity contribution in [1.82, 2.24) is 9.62 Å². The molecule has 1 saturated carbocycles. The van der Waals surface area contributed by atoms with Crippen LogP contribution in [0.2, 0.25) is 0 Å². The molecule has 0 aromatic carbocycles. The molecule has 7 heteroatoms. The predicted molar refractivity (Wildman–Crippen MR) is 95.4 cm³/mol. The predicted octanol–water partition coefficient (Wildman–Crippen LogP) is 2.99. The summed E-state index contributed by atoms with van der Waals surface area (Å²) in [6, 6.07) is 3.39. The summed E-state index contributed by atoms with van der Waals surface area (Å²) in [5.41, 5.74) is -0.0739. The number of thiophene rings is 1. The van der Waals surface area contributed by atoms with Gasteiger partial charge in [-0.3, -0.25) is 4.79 Å². The maximum atomic E-state index is 12.6. The summed E-state index contributed by atoms with van der Waals surface area (Å²) >= 11 is 1.24. The molecule has 2 aliphatic rings. The van der Waals surface area contributed by atoms with Gasteiger partial charge in [0, 0.05) is 24.5 Å². The Labute approximate surface area is 148 Å². The third-order valence-electron chi connectivity index (χ3n) is 5.30. The Morgan fingerprint density at radius 2 is 1.92 bits per heavy atom. The lowest BCUT2D eigenvalue weighted by molar-refractivity contribution is -0.128. The summed E-state index contributed by atoms with van der Waals surface area (Å²) < 4.78 is 27.0. The molecular formula is C17H26N2O3S2. The molecular weight excluding hydrogens is 344 g/mol. The largest absolute Gasteiger partial charge is 0.351 e. The van der Waals surface area contributed by atoms with Crippen molar-refractivity contribution < 1.29 is 13.2 Å². The van der Waals surface area contributed by atoms with Gasteiger partial charge in [0.05, 0.1) is 0 Å². The Kier molecular flexibility index (Phi) is 5.32. The van der Waals surface area contributed by atoms with Crippen molar-refractivity contribution in [1.29, 1.82) is 0 Å². The van der Waals surface area contributed by atoms with Crippen LogP contribution in [0.5, 0.6) is 0 Å². The van der Waals surface area contributed by atoms with E-state index in [-0.39, 0.29) is 17.4 Å². The molecule has 1 aromatic heterocycles. The van der Waals surface area contributed by atoms with Gasteiger partial charge in [-0.15, -0.1) is 11.3 Å². The molecule has 0 unspecified atom stereocenters. The van der Waals surface area contributed by atoms with Crippen molar-refractivity contribution in [3.8, 4) is 0 Å². The van der Waals surface area contributed by atoms with Gasteiger partial charge in [0.1, 0.15) is 4.21 Å². The molecule has 1 N–H and O–H groups in total. The highest BCUT2D eigenvalue weighted by atomic mass is 32.2. The minimum atomic E-state index is -3.39. The van der Waals surface area contributed by atoms with Crippen LogP contribution in [-0.4, -0.2) is 37.3 Å². The van der Waals surface area contributed by atoms with E-state index in [1.807, 2.05) is 0 Å².